The van der Waals surface area contributed by atoms with Crippen molar-refractivity contribution in [2.24, 2.45) is 0 Å². The summed E-state index contributed by atoms with van der Waals surface area (Å²) in [5.74, 6) is 0.756. The van der Waals surface area contributed by atoms with Crippen LogP contribution in [0.1, 0.15) is 58.3 Å². The summed E-state index contributed by atoms with van der Waals surface area (Å²) in [6.45, 7) is 5.95. The zero-order chi connectivity index (χ0) is 24.9. The number of rotatable bonds is 4. The van der Waals surface area contributed by atoms with E-state index in [1.165, 1.54) is 23.1 Å². The number of furan rings is 1. The summed E-state index contributed by atoms with van der Waals surface area (Å²) in [5.41, 5.74) is 2.78. The van der Waals surface area contributed by atoms with Crippen molar-refractivity contribution < 1.29 is 27.1 Å². The van der Waals surface area contributed by atoms with Gasteiger partial charge in [0.1, 0.15) is 11.5 Å². The van der Waals surface area contributed by atoms with E-state index in [4.69, 9.17) is 9.15 Å². The van der Waals surface area contributed by atoms with Gasteiger partial charge in [-0.25, -0.2) is 9.48 Å². The highest BCUT2D eigenvalue weighted by Crippen LogP contribution is 2.42. The molecule has 0 saturated carbocycles. The van der Waals surface area contributed by atoms with E-state index in [0.717, 1.165) is 11.1 Å². The Morgan fingerprint density at radius 1 is 1.09 bits per heavy atom. The first kappa shape index (κ1) is 23.0. The van der Waals surface area contributed by atoms with Crippen LogP contribution in [-0.4, -0.2) is 15.7 Å². The Hall–Kier alpha value is -3.81. The van der Waals surface area contributed by atoms with Gasteiger partial charge >= 0.3 is 12.1 Å². The van der Waals surface area contributed by atoms with Crippen LogP contribution in [0.15, 0.2) is 59.2 Å². The normalized spacial score (nSPS) is 13.0. The molecule has 8 heteroatoms. The number of carbonyl (C=O) groups is 1. The summed E-state index contributed by atoms with van der Waals surface area (Å²) in [6, 6.07) is 13.6. The number of benzene rings is 2. The molecule has 0 amide bonds. The van der Waals surface area contributed by atoms with Crippen LogP contribution in [0.5, 0.6) is 5.75 Å². The lowest BCUT2D eigenvalue weighted by Gasteiger charge is -2.15. The van der Waals surface area contributed by atoms with Crippen LogP contribution in [0.4, 0.5) is 13.2 Å². The molecular weight excluding hydrogens is 457 g/mol. The van der Waals surface area contributed by atoms with Crippen LogP contribution < -0.4 is 4.74 Å². The molecule has 5 nitrogen and oxygen atoms in total. The summed E-state index contributed by atoms with van der Waals surface area (Å²) in [5, 5.41) is 3.93. The van der Waals surface area contributed by atoms with E-state index in [1.54, 1.807) is 18.2 Å². The monoisotopic (exact) mass is 480 g/mol. The minimum absolute atomic E-state index is 0.149. The topological polar surface area (TPSA) is 57.3 Å². The van der Waals surface area contributed by atoms with Crippen molar-refractivity contribution in [1.29, 1.82) is 0 Å². The van der Waals surface area contributed by atoms with E-state index in [2.05, 4.69) is 5.10 Å². The van der Waals surface area contributed by atoms with Crippen LogP contribution in [0.2, 0.25) is 0 Å². The average molecular weight is 480 g/mol. The van der Waals surface area contributed by atoms with Crippen molar-refractivity contribution in [2.75, 3.05) is 0 Å². The quantitative estimate of drug-likeness (QED) is 0.235. The SMILES string of the molecule is Cc1ccc(C(C)C)c(OC(=O)c2ccc(-n3nc(C(F)(F)F)c4c3-c3ccoc3CC4)cc2)c1. The maximum Gasteiger partial charge on any atom is 0.435 e. The predicted molar refractivity (Wildman–Crippen MR) is 124 cm³/mol. The Kier molecular flexibility index (Phi) is 5.54. The Morgan fingerprint density at radius 3 is 2.51 bits per heavy atom. The molecule has 2 heterocycles. The highest BCUT2D eigenvalue weighted by atomic mass is 19.4. The van der Waals surface area contributed by atoms with Gasteiger partial charge in [-0.05, 0) is 66.8 Å². The second-order valence-electron chi connectivity index (χ2n) is 8.98. The number of alkyl halides is 3. The third-order valence-corrected chi connectivity index (χ3v) is 6.20. The molecule has 0 N–H and O–H groups in total. The van der Waals surface area contributed by atoms with Crippen LogP contribution >= 0.6 is 0 Å². The third kappa shape index (κ3) is 4.13. The van der Waals surface area contributed by atoms with Gasteiger partial charge in [0.2, 0.25) is 0 Å². The second kappa shape index (κ2) is 8.45. The summed E-state index contributed by atoms with van der Waals surface area (Å²) in [7, 11) is 0. The molecule has 0 aliphatic heterocycles. The molecule has 0 saturated heterocycles. The Bertz CT molecular complexity index is 1410. The van der Waals surface area contributed by atoms with Crippen LogP contribution in [0.3, 0.4) is 0 Å². The van der Waals surface area contributed by atoms with Gasteiger partial charge in [0, 0.05) is 17.5 Å². The van der Waals surface area contributed by atoms with Gasteiger partial charge in [-0.15, -0.1) is 0 Å². The molecule has 0 fully saturated rings. The predicted octanol–water partition coefficient (Wildman–Crippen LogP) is 6.90. The second-order valence-corrected chi connectivity index (χ2v) is 8.98. The molecule has 1 aliphatic rings. The fourth-order valence-electron chi connectivity index (χ4n) is 4.47. The maximum atomic E-state index is 13.7. The number of fused-ring (bicyclic) bond motifs is 3. The van der Waals surface area contributed by atoms with Gasteiger partial charge < -0.3 is 9.15 Å². The fraction of sp³-hybridized carbons (Fsp3) is 0.259. The number of aryl methyl sites for hydroxylation is 2. The van der Waals surface area contributed by atoms with Gasteiger partial charge in [0.25, 0.3) is 0 Å². The lowest BCUT2D eigenvalue weighted by atomic mass is 9.94. The minimum Gasteiger partial charge on any atom is -0.469 e. The third-order valence-electron chi connectivity index (χ3n) is 6.20. The number of ether oxygens (including phenoxy) is 1. The van der Waals surface area contributed by atoms with E-state index >= 15 is 0 Å². The van der Waals surface area contributed by atoms with Crippen LogP contribution in [0, 0.1) is 6.92 Å². The summed E-state index contributed by atoms with van der Waals surface area (Å²) >= 11 is 0. The molecule has 0 radical (unpaired) electrons. The highest BCUT2D eigenvalue weighted by Gasteiger charge is 2.41. The molecule has 1 aliphatic carbocycles. The number of esters is 1. The van der Waals surface area contributed by atoms with Crippen molar-refractivity contribution in [2.45, 2.75) is 45.7 Å². The summed E-state index contributed by atoms with van der Waals surface area (Å²) in [6.07, 6.45) is -2.54. The van der Waals surface area contributed by atoms with Crippen molar-refractivity contribution in [3.63, 3.8) is 0 Å². The van der Waals surface area contributed by atoms with Crippen molar-refractivity contribution in [1.82, 2.24) is 9.78 Å². The number of aromatic nitrogens is 2. The lowest BCUT2D eigenvalue weighted by molar-refractivity contribution is -0.142. The molecule has 0 spiro atoms. The number of hydrogen-bond donors (Lipinski definition) is 0. The van der Waals surface area contributed by atoms with Gasteiger partial charge in [-0.2, -0.15) is 18.3 Å². The van der Waals surface area contributed by atoms with Gasteiger partial charge in [-0.1, -0.05) is 26.0 Å². The number of halogens is 3. The van der Waals surface area contributed by atoms with E-state index < -0.39 is 17.8 Å². The number of nitrogens with zero attached hydrogens (tertiary/aromatic N) is 2. The molecule has 4 aromatic rings. The molecular formula is C27H23F3N2O3. The first-order valence-corrected chi connectivity index (χ1v) is 11.3. The Morgan fingerprint density at radius 2 is 1.83 bits per heavy atom. The van der Waals surface area contributed by atoms with Gasteiger partial charge in [0.15, 0.2) is 5.69 Å². The van der Waals surface area contributed by atoms with Gasteiger partial charge in [-0.3, -0.25) is 0 Å². The first-order valence-electron chi connectivity index (χ1n) is 11.3. The smallest absolute Gasteiger partial charge is 0.435 e. The van der Waals surface area contributed by atoms with E-state index in [-0.39, 0.29) is 23.5 Å². The molecule has 0 bridgehead atoms. The Balaban J connectivity index is 1.49. The van der Waals surface area contributed by atoms with Crippen LogP contribution in [-0.2, 0) is 19.0 Å². The molecule has 0 atom stereocenters. The zero-order valence-corrected chi connectivity index (χ0v) is 19.4. The summed E-state index contributed by atoms with van der Waals surface area (Å²) < 4.78 is 53.6. The largest absolute Gasteiger partial charge is 0.469 e. The molecule has 5 rings (SSSR count). The highest BCUT2D eigenvalue weighted by molar-refractivity contribution is 5.91. The number of carbonyl (C=O) groups excluding carboxylic acids is 1. The maximum absolute atomic E-state index is 13.7. The molecule has 0 unspecified atom stereocenters. The number of hydrogen-bond acceptors (Lipinski definition) is 4. The van der Waals surface area contributed by atoms with Crippen molar-refractivity contribution >= 4 is 5.97 Å². The summed E-state index contributed by atoms with van der Waals surface area (Å²) in [4.78, 5) is 12.8. The first-order chi connectivity index (χ1) is 16.6. The minimum atomic E-state index is -4.58. The van der Waals surface area contributed by atoms with Gasteiger partial charge in [0.05, 0.1) is 23.2 Å². The standard InChI is InChI=1S/C27H23F3N2O3/c1-15(2)19-9-4-16(3)14-23(19)35-26(33)17-5-7-18(8-6-17)32-24-20-12-13-34-22(20)11-10-21(24)25(31-32)27(28,29)30/h4-9,12-15H,10-11H2,1-3H3. The van der Waals surface area contributed by atoms with Crippen LogP contribution in [0.25, 0.3) is 16.9 Å². The average Bonchev–Trinajstić information content (AvgIpc) is 3.43. The zero-order valence-electron chi connectivity index (χ0n) is 19.4. The van der Waals surface area contributed by atoms with Crippen molar-refractivity contribution in [3.05, 3.63) is 88.5 Å². The molecule has 2 aromatic heterocycles. The molecule has 35 heavy (non-hydrogen) atoms. The Labute approximate surface area is 200 Å². The van der Waals surface area contributed by atoms with E-state index in [1.807, 2.05) is 39.0 Å². The fourth-order valence-corrected chi connectivity index (χ4v) is 4.47. The van der Waals surface area contributed by atoms with E-state index in [0.29, 0.717) is 34.9 Å². The van der Waals surface area contributed by atoms with Crippen molar-refractivity contribution in [3.8, 4) is 22.7 Å². The lowest BCUT2D eigenvalue weighted by Crippen LogP contribution is -2.11. The van der Waals surface area contributed by atoms with E-state index in [9.17, 15) is 18.0 Å². The molecule has 2 aromatic carbocycles. The molecule has 180 valence electrons.